The van der Waals surface area contributed by atoms with Crippen LogP contribution in [0.15, 0.2) is 40.9 Å². The van der Waals surface area contributed by atoms with E-state index in [4.69, 9.17) is 0 Å². The maximum Gasteiger partial charge on any atom is 0.243 e. The first-order valence-electron chi connectivity index (χ1n) is 10.9. The second kappa shape index (κ2) is 9.32. The normalized spacial score (nSPS) is 15.1. The van der Waals surface area contributed by atoms with Crippen LogP contribution in [0.2, 0.25) is 0 Å². The van der Waals surface area contributed by atoms with E-state index in [1.165, 1.54) is 15.6 Å². The Balaban J connectivity index is 1.42. The predicted octanol–water partition coefficient (Wildman–Crippen LogP) is 3.51. The number of nitrogens with zero attached hydrogens (tertiary/aromatic N) is 4. The number of hydrogen-bond acceptors (Lipinski definition) is 6. The topological polar surface area (TPSA) is 83.5 Å². The van der Waals surface area contributed by atoms with Crippen molar-refractivity contribution >= 4 is 27.3 Å². The molecule has 4 rings (SSSR count). The van der Waals surface area contributed by atoms with Crippen molar-refractivity contribution < 1.29 is 13.2 Å². The highest BCUT2D eigenvalue weighted by atomic mass is 32.2. The Labute approximate surface area is 199 Å². The monoisotopic (exact) mass is 484 g/mol. The smallest absolute Gasteiger partial charge is 0.243 e. The van der Waals surface area contributed by atoms with Gasteiger partial charge in [-0.1, -0.05) is 6.07 Å². The molecule has 1 aliphatic rings. The molecule has 7 nitrogen and oxygen atoms in total. The molecule has 3 heterocycles. The fourth-order valence-electron chi connectivity index (χ4n) is 4.15. The average Bonchev–Trinajstić information content (AvgIpc) is 3.27. The highest BCUT2D eigenvalue weighted by Gasteiger charge is 2.33. The zero-order valence-electron chi connectivity index (χ0n) is 19.3. The van der Waals surface area contributed by atoms with Crippen LogP contribution in [0.4, 0.5) is 0 Å². The Morgan fingerprint density at radius 1 is 1.06 bits per heavy atom. The van der Waals surface area contributed by atoms with Crippen LogP contribution in [0.5, 0.6) is 0 Å². The van der Waals surface area contributed by atoms with Crippen LogP contribution in [0.1, 0.15) is 27.9 Å². The van der Waals surface area contributed by atoms with Crippen LogP contribution in [-0.4, -0.2) is 59.7 Å². The molecular weight excluding hydrogens is 456 g/mol. The van der Waals surface area contributed by atoms with Crippen LogP contribution < -0.4 is 0 Å². The molecule has 1 aromatic carbocycles. The van der Waals surface area contributed by atoms with Gasteiger partial charge in [-0.15, -0.1) is 11.3 Å². The molecule has 0 aliphatic carbocycles. The van der Waals surface area contributed by atoms with E-state index in [1.807, 2.05) is 51.3 Å². The van der Waals surface area contributed by atoms with Gasteiger partial charge in [0.15, 0.2) is 0 Å². The third-order valence-electron chi connectivity index (χ3n) is 6.28. The maximum absolute atomic E-state index is 13.4. The Morgan fingerprint density at radius 3 is 2.33 bits per heavy atom. The van der Waals surface area contributed by atoms with Gasteiger partial charge in [0.05, 0.1) is 17.0 Å². The lowest BCUT2D eigenvalue weighted by molar-refractivity contribution is -0.131. The van der Waals surface area contributed by atoms with E-state index in [1.54, 1.807) is 17.3 Å². The first-order valence-corrected chi connectivity index (χ1v) is 13.2. The summed E-state index contributed by atoms with van der Waals surface area (Å²) < 4.78 is 28.4. The first kappa shape index (κ1) is 23.5. The van der Waals surface area contributed by atoms with E-state index >= 15 is 0 Å². The molecule has 174 valence electrons. The second-order valence-electron chi connectivity index (χ2n) is 8.44. The number of benzene rings is 1. The Hall–Kier alpha value is -2.62. The molecule has 0 saturated carbocycles. The van der Waals surface area contributed by atoms with Crippen molar-refractivity contribution in [2.24, 2.45) is 0 Å². The van der Waals surface area contributed by atoms with Crippen molar-refractivity contribution in [1.82, 2.24) is 19.2 Å². The summed E-state index contributed by atoms with van der Waals surface area (Å²) in [6.45, 7) is 8.94. The summed E-state index contributed by atoms with van der Waals surface area (Å²) >= 11 is 1.49. The molecule has 0 bridgehead atoms. The van der Waals surface area contributed by atoms with Crippen LogP contribution in [0, 0.1) is 27.7 Å². The van der Waals surface area contributed by atoms with Crippen LogP contribution >= 0.6 is 11.3 Å². The van der Waals surface area contributed by atoms with Gasteiger partial charge in [0, 0.05) is 49.5 Å². The van der Waals surface area contributed by atoms with Crippen molar-refractivity contribution in [1.29, 1.82) is 0 Å². The number of rotatable bonds is 5. The summed E-state index contributed by atoms with van der Waals surface area (Å²) in [5.74, 6) is -0.0335. The van der Waals surface area contributed by atoms with Crippen molar-refractivity contribution in [2.75, 3.05) is 26.2 Å². The molecule has 0 radical (unpaired) electrons. The molecule has 0 atom stereocenters. The largest absolute Gasteiger partial charge is 0.340 e. The first-order chi connectivity index (χ1) is 15.7. The van der Waals surface area contributed by atoms with E-state index in [9.17, 15) is 13.2 Å². The number of aromatic nitrogens is 2. The lowest BCUT2D eigenvalue weighted by Crippen LogP contribution is -2.51. The van der Waals surface area contributed by atoms with E-state index in [2.05, 4.69) is 9.97 Å². The van der Waals surface area contributed by atoms with Gasteiger partial charge in [0.1, 0.15) is 5.01 Å². The second-order valence-corrected chi connectivity index (χ2v) is 11.2. The number of carbonyl (C=O) groups is 1. The minimum atomic E-state index is -3.62. The quantitative estimate of drug-likeness (QED) is 0.553. The summed E-state index contributed by atoms with van der Waals surface area (Å²) in [6, 6.07) is 5.82. The van der Waals surface area contributed by atoms with Gasteiger partial charge in [0.25, 0.3) is 0 Å². The summed E-state index contributed by atoms with van der Waals surface area (Å²) in [6.07, 6.45) is 3.67. The summed E-state index contributed by atoms with van der Waals surface area (Å²) in [4.78, 5) is 23.7. The molecular formula is C24H28N4O3S2. The standard InChI is InChI=1S/C24H28N4O3S2/c1-16-12-17(2)19(4)23(18(16)3)33(30,31)28-10-8-27(9-11-28)22(29)13-21-15-32-24(26-21)20-6-5-7-25-14-20/h5-7,12,14-15H,8-11,13H2,1-4H3. The van der Waals surface area contributed by atoms with E-state index < -0.39 is 10.0 Å². The number of hydrogen-bond donors (Lipinski definition) is 0. The van der Waals surface area contributed by atoms with Gasteiger partial charge in [-0.2, -0.15) is 4.31 Å². The lowest BCUT2D eigenvalue weighted by Gasteiger charge is -2.34. The zero-order chi connectivity index (χ0) is 23.8. The van der Waals surface area contributed by atoms with E-state index in [-0.39, 0.29) is 25.4 Å². The minimum Gasteiger partial charge on any atom is -0.340 e. The molecule has 1 fully saturated rings. The number of pyridine rings is 1. The van der Waals surface area contributed by atoms with Crippen LogP contribution in [0.3, 0.4) is 0 Å². The predicted molar refractivity (Wildman–Crippen MR) is 130 cm³/mol. The van der Waals surface area contributed by atoms with Gasteiger partial charge in [0.2, 0.25) is 15.9 Å². The number of aryl methyl sites for hydroxylation is 2. The third-order valence-corrected chi connectivity index (χ3v) is 9.39. The Bertz CT molecular complexity index is 1250. The van der Waals surface area contributed by atoms with Crippen molar-refractivity contribution in [2.45, 2.75) is 39.0 Å². The molecule has 2 aromatic heterocycles. The highest BCUT2D eigenvalue weighted by Crippen LogP contribution is 2.29. The van der Waals surface area contributed by atoms with Crippen LogP contribution in [-0.2, 0) is 21.2 Å². The van der Waals surface area contributed by atoms with Crippen molar-refractivity contribution in [3.8, 4) is 10.6 Å². The highest BCUT2D eigenvalue weighted by molar-refractivity contribution is 7.89. The molecule has 3 aromatic rings. The lowest BCUT2D eigenvalue weighted by atomic mass is 10.0. The summed E-state index contributed by atoms with van der Waals surface area (Å²) in [5, 5.41) is 2.73. The average molecular weight is 485 g/mol. The molecule has 9 heteroatoms. The van der Waals surface area contributed by atoms with Gasteiger partial charge >= 0.3 is 0 Å². The van der Waals surface area contributed by atoms with Gasteiger partial charge in [-0.25, -0.2) is 13.4 Å². The molecule has 1 amide bonds. The molecule has 0 N–H and O–H groups in total. The molecule has 0 spiro atoms. The van der Waals surface area contributed by atoms with Crippen molar-refractivity contribution in [3.05, 3.63) is 63.9 Å². The Morgan fingerprint density at radius 2 is 1.73 bits per heavy atom. The Kier molecular flexibility index (Phi) is 6.65. The summed E-state index contributed by atoms with van der Waals surface area (Å²) in [7, 11) is -3.62. The third kappa shape index (κ3) is 4.71. The fourth-order valence-corrected chi connectivity index (χ4v) is 6.96. The van der Waals surface area contributed by atoms with Crippen molar-refractivity contribution in [3.63, 3.8) is 0 Å². The van der Waals surface area contributed by atoms with Gasteiger partial charge < -0.3 is 4.90 Å². The van der Waals surface area contributed by atoms with E-state index in [0.29, 0.717) is 18.0 Å². The number of sulfonamides is 1. The molecule has 1 saturated heterocycles. The molecule has 33 heavy (non-hydrogen) atoms. The number of amides is 1. The number of carbonyl (C=O) groups excluding carboxylic acids is 1. The van der Waals surface area contributed by atoms with Gasteiger partial charge in [-0.05, 0) is 62.1 Å². The van der Waals surface area contributed by atoms with Crippen LogP contribution in [0.25, 0.3) is 10.6 Å². The maximum atomic E-state index is 13.4. The van der Waals surface area contributed by atoms with Gasteiger partial charge in [-0.3, -0.25) is 9.78 Å². The number of thiazole rings is 1. The zero-order valence-corrected chi connectivity index (χ0v) is 21.0. The number of piperazine rings is 1. The fraction of sp³-hybridized carbons (Fsp3) is 0.375. The SMILES string of the molecule is Cc1cc(C)c(C)c(S(=O)(=O)N2CCN(C(=O)Cc3csc(-c4cccnc4)n3)CC2)c1C. The van der Waals surface area contributed by atoms with E-state index in [0.717, 1.165) is 38.5 Å². The summed E-state index contributed by atoms with van der Waals surface area (Å²) in [5.41, 5.74) is 5.19. The minimum absolute atomic E-state index is 0.0335. The molecule has 1 aliphatic heterocycles. The molecule has 0 unspecified atom stereocenters.